The van der Waals surface area contributed by atoms with Crippen LogP contribution in [-0.2, 0) is 11.8 Å². The molecule has 1 aliphatic rings. The molecule has 0 N–H and O–H groups in total. The Hall–Kier alpha value is -1.92. The molecule has 0 saturated heterocycles. The van der Waals surface area contributed by atoms with Crippen molar-refractivity contribution >= 4 is 28.4 Å². The number of halogens is 1. The Morgan fingerprint density at radius 3 is 2.59 bits per heavy atom. The van der Waals surface area contributed by atoms with Crippen LogP contribution in [0.15, 0.2) is 23.0 Å². The van der Waals surface area contributed by atoms with E-state index in [1.807, 2.05) is 25.9 Å². The summed E-state index contributed by atoms with van der Waals surface area (Å²) in [5.41, 5.74) is 0.450. The van der Waals surface area contributed by atoms with Gasteiger partial charge in [0.1, 0.15) is 5.82 Å². The van der Waals surface area contributed by atoms with Gasteiger partial charge in [0.2, 0.25) is 5.91 Å². The molecule has 0 bridgehead atoms. The van der Waals surface area contributed by atoms with E-state index in [4.69, 9.17) is 16.6 Å². The minimum absolute atomic E-state index is 0.0697. The maximum atomic E-state index is 13.4. The highest BCUT2D eigenvalue weighted by molar-refractivity contribution is 6.31. The van der Waals surface area contributed by atoms with E-state index in [1.165, 1.54) is 6.42 Å². The summed E-state index contributed by atoms with van der Waals surface area (Å²) in [7, 11) is 5.73. The van der Waals surface area contributed by atoms with E-state index in [9.17, 15) is 9.59 Å². The van der Waals surface area contributed by atoms with Crippen molar-refractivity contribution in [3.8, 4) is 0 Å². The molecule has 1 heterocycles. The summed E-state index contributed by atoms with van der Waals surface area (Å²) in [6.45, 7) is 3.33. The van der Waals surface area contributed by atoms with Crippen LogP contribution in [0.2, 0.25) is 5.02 Å². The van der Waals surface area contributed by atoms with Crippen LogP contribution in [0, 0.1) is 5.92 Å². The van der Waals surface area contributed by atoms with Gasteiger partial charge in [0.25, 0.3) is 5.56 Å². The minimum atomic E-state index is -0.301. The zero-order valence-electron chi connectivity index (χ0n) is 17.8. The molecule has 0 radical (unpaired) electrons. The normalized spacial score (nSPS) is 16.3. The first-order valence-corrected chi connectivity index (χ1v) is 10.8. The first-order valence-electron chi connectivity index (χ1n) is 10.4. The number of hydrogen-bond donors (Lipinski definition) is 0. The number of fused-ring (bicyclic) bond motifs is 1. The third-order valence-corrected chi connectivity index (χ3v) is 6.18. The molecule has 1 amide bonds. The predicted octanol–water partition coefficient (Wildman–Crippen LogP) is 3.62. The number of benzene rings is 1. The minimum Gasteiger partial charge on any atom is -0.331 e. The molecular formula is C22H31ClN4O2. The summed E-state index contributed by atoms with van der Waals surface area (Å²) in [4.78, 5) is 35.0. The summed E-state index contributed by atoms with van der Waals surface area (Å²) in [6.07, 6.45) is 5.32. The predicted molar refractivity (Wildman–Crippen MR) is 117 cm³/mol. The molecule has 3 rings (SSSR count). The zero-order chi connectivity index (χ0) is 21.1. The Kier molecular flexibility index (Phi) is 6.96. The monoisotopic (exact) mass is 418 g/mol. The van der Waals surface area contributed by atoms with Crippen LogP contribution in [0.3, 0.4) is 0 Å². The molecule has 1 atom stereocenters. The molecule has 158 valence electrons. The lowest BCUT2D eigenvalue weighted by molar-refractivity contribution is -0.139. The highest BCUT2D eigenvalue weighted by Crippen LogP contribution is 2.29. The molecule has 1 aromatic carbocycles. The van der Waals surface area contributed by atoms with E-state index in [1.54, 1.807) is 29.8 Å². The number of carbonyl (C=O) groups is 1. The second-order valence-electron chi connectivity index (χ2n) is 8.34. The van der Waals surface area contributed by atoms with Crippen molar-refractivity contribution in [2.45, 2.75) is 45.1 Å². The maximum Gasteiger partial charge on any atom is 0.261 e. The van der Waals surface area contributed by atoms with Crippen molar-refractivity contribution in [3.63, 3.8) is 0 Å². The van der Waals surface area contributed by atoms with Gasteiger partial charge in [-0.3, -0.25) is 14.2 Å². The lowest BCUT2D eigenvalue weighted by Gasteiger charge is -2.34. The van der Waals surface area contributed by atoms with Gasteiger partial charge in [0.05, 0.1) is 16.9 Å². The smallest absolute Gasteiger partial charge is 0.261 e. The topological polar surface area (TPSA) is 58.4 Å². The molecule has 1 aromatic heterocycles. The summed E-state index contributed by atoms with van der Waals surface area (Å²) < 4.78 is 1.57. The van der Waals surface area contributed by atoms with Gasteiger partial charge in [-0.15, -0.1) is 0 Å². The number of nitrogens with zero attached hydrogens (tertiary/aromatic N) is 4. The van der Waals surface area contributed by atoms with Gasteiger partial charge >= 0.3 is 0 Å². The van der Waals surface area contributed by atoms with Gasteiger partial charge in [0.15, 0.2) is 0 Å². The summed E-state index contributed by atoms with van der Waals surface area (Å²) in [5, 5.41) is 1.07. The molecule has 1 saturated carbocycles. The molecule has 0 aliphatic heterocycles. The number of likely N-dealkylation sites (N-methyl/N-ethyl adjacent to an activating group) is 1. The van der Waals surface area contributed by atoms with Crippen LogP contribution < -0.4 is 5.56 Å². The van der Waals surface area contributed by atoms with Crippen LogP contribution in [0.1, 0.15) is 50.9 Å². The number of carbonyl (C=O) groups excluding carboxylic acids is 1. The van der Waals surface area contributed by atoms with E-state index < -0.39 is 0 Å². The fourth-order valence-electron chi connectivity index (χ4n) is 4.16. The molecule has 1 aliphatic carbocycles. The van der Waals surface area contributed by atoms with E-state index in [0.29, 0.717) is 28.3 Å². The van der Waals surface area contributed by atoms with E-state index in [-0.39, 0.29) is 23.4 Å². The van der Waals surface area contributed by atoms with Crippen molar-refractivity contribution < 1.29 is 4.79 Å². The number of aromatic nitrogens is 2. The first-order chi connectivity index (χ1) is 13.8. The summed E-state index contributed by atoms with van der Waals surface area (Å²) in [5.74, 6) is 0.840. The maximum absolute atomic E-state index is 13.4. The van der Waals surface area contributed by atoms with Crippen LogP contribution in [0.25, 0.3) is 10.9 Å². The Bertz CT molecular complexity index is 934. The van der Waals surface area contributed by atoms with Crippen LogP contribution >= 0.6 is 11.6 Å². The van der Waals surface area contributed by atoms with Gasteiger partial charge in [0, 0.05) is 31.1 Å². The van der Waals surface area contributed by atoms with E-state index in [0.717, 1.165) is 32.2 Å². The lowest BCUT2D eigenvalue weighted by atomic mass is 9.88. The van der Waals surface area contributed by atoms with Gasteiger partial charge in [-0.1, -0.05) is 30.9 Å². The highest BCUT2D eigenvalue weighted by atomic mass is 35.5. The largest absolute Gasteiger partial charge is 0.331 e. The Morgan fingerprint density at radius 2 is 1.93 bits per heavy atom. The molecule has 7 heteroatoms. The molecule has 1 fully saturated rings. The van der Waals surface area contributed by atoms with Crippen molar-refractivity contribution in [2.75, 3.05) is 27.2 Å². The van der Waals surface area contributed by atoms with E-state index >= 15 is 0 Å². The summed E-state index contributed by atoms with van der Waals surface area (Å²) >= 11 is 6.12. The molecular weight excluding hydrogens is 388 g/mol. The second-order valence-corrected chi connectivity index (χ2v) is 8.78. The Morgan fingerprint density at radius 1 is 1.24 bits per heavy atom. The third-order valence-electron chi connectivity index (χ3n) is 5.94. The fraction of sp³-hybridized carbons (Fsp3) is 0.591. The molecule has 0 spiro atoms. The Labute approximate surface area is 177 Å². The average Bonchev–Trinajstić information content (AvgIpc) is 2.70. The molecule has 6 nitrogen and oxygen atoms in total. The van der Waals surface area contributed by atoms with Gasteiger partial charge in [-0.25, -0.2) is 4.98 Å². The van der Waals surface area contributed by atoms with Crippen LogP contribution in [0.4, 0.5) is 0 Å². The summed E-state index contributed by atoms with van der Waals surface area (Å²) in [6, 6.07) is 4.82. The van der Waals surface area contributed by atoms with E-state index in [2.05, 4.69) is 4.90 Å². The van der Waals surface area contributed by atoms with Gasteiger partial charge < -0.3 is 9.80 Å². The standard InChI is InChI=1S/C22H31ClN4O2/c1-15(20-24-19-14-17(23)10-11-18(19)22(29)26(20)4)27(13-12-25(2)3)21(28)16-8-6-5-7-9-16/h10-11,14-16H,5-9,12-13H2,1-4H3. The molecule has 1 unspecified atom stereocenters. The first kappa shape index (κ1) is 21.8. The lowest BCUT2D eigenvalue weighted by Crippen LogP contribution is -2.43. The van der Waals surface area contributed by atoms with Crippen molar-refractivity contribution in [1.29, 1.82) is 0 Å². The third kappa shape index (κ3) is 4.81. The Balaban J connectivity index is 1.99. The number of amides is 1. The van der Waals surface area contributed by atoms with Crippen molar-refractivity contribution in [3.05, 3.63) is 39.4 Å². The van der Waals surface area contributed by atoms with Crippen molar-refractivity contribution in [2.24, 2.45) is 13.0 Å². The van der Waals surface area contributed by atoms with Crippen LogP contribution in [0.5, 0.6) is 0 Å². The zero-order valence-corrected chi connectivity index (χ0v) is 18.6. The highest BCUT2D eigenvalue weighted by Gasteiger charge is 2.31. The van der Waals surface area contributed by atoms with Gasteiger partial charge in [-0.2, -0.15) is 0 Å². The molecule has 29 heavy (non-hydrogen) atoms. The second kappa shape index (κ2) is 9.26. The van der Waals surface area contributed by atoms with Crippen molar-refractivity contribution in [1.82, 2.24) is 19.4 Å². The quantitative estimate of drug-likeness (QED) is 0.718. The van der Waals surface area contributed by atoms with Gasteiger partial charge in [-0.05, 0) is 52.1 Å². The fourth-order valence-corrected chi connectivity index (χ4v) is 4.33. The SMILES string of the molecule is CC(c1nc2cc(Cl)ccc2c(=O)n1C)N(CCN(C)C)C(=O)C1CCCCC1. The number of hydrogen-bond acceptors (Lipinski definition) is 4. The molecule has 2 aromatic rings. The number of rotatable bonds is 6. The van der Waals surface area contributed by atoms with Crippen LogP contribution in [-0.4, -0.2) is 52.4 Å². The average molecular weight is 419 g/mol.